The van der Waals surface area contributed by atoms with Crippen LogP contribution in [0.25, 0.3) is 5.65 Å². The van der Waals surface area contributed by atoms with E-state index >= 15 is 4.39 Å². The Balaban J connectivity index is 1.12. The van der Waals surface area contributed by atoms with Gasteiger partial charge < -0.3 is 15.4 Å². The van der Waals surface area contributed by atoms with Gasteiger partial charge in [0.25, 0.3) is 0 Å². The molecule has 9 nitrogen and oxygen atoms in total. The van der Waals surface area contributed by atoms with Crippen molar-refractivity contribution >= 4 is 23.5 Å². The predicted molar refractivity (Wildman–Crippen MR) is 110 cm³/mol. The van der Waals surface area contributed by atoms with E-state index in [0.717, 1.165) is 25.5 Å². The van der Waals surface area contributed by atoms with E-state index in [-0.39, 0.29) is 23.0 Å². The lowest BCUT2D eigenvalue weighted by Gasteiger charge is -2.61. The lowest BCUT2D eigenvalue weighted by atomic mass is 9.50. The molecule has 3 atom stereocenters. The number of fused-ring (bicyclic) bond motifs is 1. The number of aromatic nitrogens is 5. The second-order valence-electron chi connectivity index (χ2n) is 9.41. The van der Waals surface area contributed by atoms with Gasteiger partial charge in [-0.15, -0.1) is 0 Å². The Hall–Kier alpha value is -3.38. The number of anilines is 2. The Morgan fingerprint density at radius 2 is 2.06 bits per heavy atom. The number of hydrogen-bond acceptors (Lipinski definition) is 6. The number of amides is 1. The first-order chi connectivity index (χ1) is 16.2. The number of H-pyrrole nitrogens is 1. The molecule has 0 unspecified atom stereocenters. The number of alkyl halides is 4. The van der Waals surface area contributed by atoms with Crippen molar-refractivity contribution in [2.45, 2.75) is 62.0 Å². The number of aromatic amines is 1. The fraction of sp³-hybridized carbons (Fsp3) is 0.524. The summed E-state index contributed by atoms with van der Waals surface area (Å²) in [7, 11) is 0. The summed E-state index contributed by atoms with van der Waals surface area (Å²) >= 11 is 0. The second-order valence-corrected chi connectivity index (χ2v) is 9.41. The van der Waals surface area contributed by atoms with Crippen molar-refractivity contribution in [2.75, 3.05) is 5.32 Å². The van der Waals surface area contributed by atoms with E-state index in [9.17, 15) is 18.0 Å². The van der Waals surface area contributed by atoms with Gasteiger partial charge in [-0.05, 0) is 44.1 Å². The van der Waals surface area contributed by atoms with Gasteiger partial charge in [0.05, 0.1) is 0 Å². The molecule has 180 valence electrons. The normalized spacial score (nSPS) is 30.0. The molecule has 7 rings (SSSR count). The summed E-state index contributed by atoms with van der Waals surface area (Å²) in [6.45, 7) is 0. The third kappa shape index (κ3) is 3.53. The summed E-state index contributed by atoms with van der Waals surface area (Å²) in [5.41, 5.74) is -0.615. The summed E-state index contributed by atoms with van der Waals surface area (Å²) in [5, 5.41) is 12.6. The Morgan fingerprint density at radius 1 is 1.26 bits per heavy atom. The molecule has 4 aliphatic carbocycles. The Morgan fingerprint density at radius 3 is 2.76 bits per heavy atom. The van der Waals surface area contributed by atoms with Crippen LogP contribution in [-0.4, -0.2) is 48.5 Å². The molecule has 0 saturated heterocycles. The van der Waals surface area contributed by atoms with Crippen LogP contribution in [0.15, 0.2) is 24.5 Å². The van der Waals surface area contributed by atoms with Gasteiger partial charge in [-0.2, -0.15) is 18.3 Å². The highest BCUT2D eigenvalue weighted by molar-refractivity contribution is 5.69. The molecule has 3 heterocycles. The number of nitrogens with one attached hydrogen (secondary N) is 3. The van der Waals surface area contributed by atoms with Gasteiger partial charge in [-0.3, -0.25) is 9.50 Å². The van der Waals surface area contributed by atoms with E-state index in [2.05, 4.69) is 30.8 Å². The molecule has 3 aromatic rings. The number of hydrogen-bond donors (Lipinski definition) is 3. The summed E-state index contributed by atoms with van der Waals surface area (Å²) in [6.07, 6.45) is -1.50. The monoisotopic (exact) mass is 479 g/mol. The fourth-order valence-electron chi connectivity index (χ4n) is 5.24. The van der Waals surface area contributed by atoms with Crippen molar-refractivity contribution < 1.29 is 27.1 Å². The van der Waals surface area contributed by atoms with Crippen LogP contribution in [0.3, 0.4) is 0 Å². The molecular formula is C21H21F4N7O2. The zero-order chi connectivity index (χ0) is 23.7. The van der Waals surface area contributed by atoms with Gasteiger partial charge in [0.15, 0.2) is 11.5 Å². The Bertz CT molecular complexity index is 1240. The second kappa shape index (κ2) is 7.31. The largest absolute Gasteiger partial charge is 0.443 e. The zero-order valence-corrected chi connectivity index (χ0v) is 17.8. The summed E-state index contributed by atoms with van der Waals surface area (Å²) in [6, 6.07) is 2.93. The van der Waals surface area contributed by atoms with Crippen molar-refractivity contribution in [1.82, 2.24) is 29.9 Å². The molecule has 3 aromatic heterocycles. The smallest absolute Gasteiger partial charge is 0.434 e. The quantitative estimate of drug-likeness (QED) is 0.476. The molecule has 0 spiro atoms. The van der Waals surface area contributed by atoms with Gasteiger partial charge in [0, 0.05) is 35.6 Å². The average molecular weight is 479 g/mol. The minimum Gasteiger partial charge on any atom is -0.443 e. The molecular weight excluding hydrogens is 458 g/mol. The number of carbonyl (C=O) groups is 1. The zero-order valence-electron chi connectivity index (χ0n) is 17.8. The number of alkyl carbamates (subject to hydrolysis) is 1. The molecule has 4 saturated carbocycles. The molecule has 4 fully saturated rings. The van der Waals surface area contributed by atoms with E-state index in [1.54, 1.807) is 6.07 Å². The van der Waals surface area contributed by atoms with E-state index in [1.807, 2.05) is 0 Å². The van der Waals surface area contributed by atoms with Crippen molar-refractivity contribution in [1.29, 1.82) is 0 Å². The van der Waals surface area contributed by atoms with Crippen LogP contribution in [0.5, 0.6) is 0 Å². The van der Waals surface area contributed by atoms with Gasteiger partial charge in [-0.1, -0.05) is 0 Å². The van der Waals surface area contributed by atoms with Gasteiger partial charge in [-0.25, -0.2) is 19.2 Å². The minimum atomic E-state index is -4.59. The number of halogens is 4. The lowest BCUT2D eigenvalue weighted by Crippen LogP contribution is -2.68. The third-order valence-electron chi connectivity index (χ3n) is 7.07. The SMILES string of the molecule is O=C(NC12CC(C1)C2)O[C@H]1CC[C@@H](c2cc(Nc3nccc4nc(C(F)(F)F)cn34)n[nH]2)[C@H]1F. The van der Waals surface area contributed by atoms with Crippen molar-refractivity contribution in [3.63, 3.8) is 0 Å². The van der Waals surface area contributed by atoms with Crippen LogP contribution in [0.1, 0.15) is 49.4 Å². The molecule has 4 aliphatic rings. The Kier molecular flexibility index (Phi) is 4.55. The predicted octanol–water partition coefficient (Wildman–Crippen LogP) is 4.08. The molecule has 3 N–H and O–H groups in total. The first-order valence-corrected chi connectivity index (χ1v) is 11.1. The van der Waals surface area contributed by atoms with E-state index < -0.39 is 36.2 Å². The maximum absolute atomic E-state index is 15.1. The lowest BCUT2D eigenvalue weighted by molar-refractivity contribution is -0.140. The summed E-state index contributed by atoms with van der Waals surface area (Å²) in [5.74, 6) is 0.490. The van der Waals surface area contributed by atoms with E-state index in [0.29, 0.717) is 24.5 Å². The van der Waals surface area contributed by atoms with Gasteiger partial charge >= 0.3 is 12.3 Å². The standard InChI is InChI=1S/C21H21F4N7O2/c22-17-11(1-2-13(17)34-19(33)29-20-6-10(7-20)8-20)12-5-15(31-30-12)28-18-26-4-3-16-27-14(9-32(16)18)21(23,24)25/h3-5,9-11,13,17H,1-2,6-8H2,(H,29,33)(H2,26,28,30,31)/t10?,11-,13-,17+,20?/m0/s1. The fourth-order valence-corrected chi connectivity index (χ4v) is 5.24. The number of rotatable bonds is 5. The number of carbonyl (C=O) groups excluding carboxylic acids is 1. The van der Waals surface area contributed by atoms with Crippen molar-refractivity contribution in [3.8, 4) is 0 Å². The topological polar surface area (TPSA) is 109 Å². The van der Waals surface area contributed by atoms with E-state index in [4.69, 9.17) is 4.74 Å². The molecule has 0 aliphatic heterocycles. The van der Waals surface area contributed by atoms with Crippen molar-refractivity contribution in [3.05, 3.63) is 35.9 Å². The molecule has 0 aromatic carbocycles. The van der Waals surface area contributed by atoms with Crippen LogP contribution in [0.4, 0.5) is 34.1 Å². The van der Waals surface area contributed by atoms with Gasteiger partial charge in [0.1, 0.15) is 17.9 Å². The van der Waals surface area contributed by atoms with Crippen LogP contribution < -0.4 is 10.6 Å². The molecule has 1 amide bonds. The highest BCUT2D eigenvalue weighted by Crippen LogP contribution is 2.57. The van der Waals surface area contributed by atoms with Crippen LogP contribution in [-0.2, 0) is 10.9 Å². The first kappa shape index (κ1) is 21.2. The van der Waals surface area contributed by atoms with Crippen LogP contribution in [0.2, 0.25) is 0 Å². The first-order valence-electron chi connectivity index (χ1n) is 11.1. The highest BCUT2D eigenvalue weighted by Gasteiger charge is 2.58. The van der Waals surface area contributed by atoms with E-state index in [1.165, 1.54) is 16.7 Å². The average Bonchev–Trinajstić information content (AvgIpc) is 3.43. The third-order valence-corrected chi connectivity index (χ3v) is 7.07. The van der Waals surface area contributed by atoms with Crippen LogP contribution >= 0.6 is 0 Å². The molecule has 34 heavy (non-hydrogen) atoms. The number of nitrogens with zero attached hydrogens (tertiary/aromatic N) is 4. The highest BCUT2D eigenvalue weighted by atomic mass is 19.4. The Labute approximate surface area is 190 Å². The molecule has 2 bridgehead atoms. The number of ether oxygens (including phenoxy) is 1. The molecule has 13 heteroatoms. The van der Waals surface area contributed by atoms with Crippen molar-refractivity contribution in [2.24, 2.45) is 5.92 Å². The summed E-state index contributed by atoms with van der Waals surface area (Å²) in [4.78, 5) is 19.8. The minimum absolute atomic E-state index is 0.0670. The number of imidazole rings is 1. The summed E-state index contributed by atoms with van der Waals surface area (Å²) < 4.78 is 60.6. The maximum atomic E-state index is 15.1. The maximum Gasteiger partial charge on any atom is 0.434 e. The van der Waals surface area contributed by atoms with Gasteiger partial charge in [0.2, 0.25) is 5.95 Å². The van der Waals surface area contributed by atoms with Crippen LogP contribution in [0, 0.1) is 5.92 Å². The molecule has 0 radical (unpaired) electrons.